The monoisotopic (exact) mass is 324 g/mol. The lowest BCUT2D eigenvalue weighted by Crippen LogP contribution is -2.52. The van der Waals surface area contributed by atoms with Gasteiger partial charge in [-0.2, -0.15) is 0 Å². The first-order valence-electron chi connectivity index (χ1n) is 7.39. The molecular formula is C16H21ClN2O3. The zero-order valence-electron chi connectivity index (χ0n) is 12.6. The van der Waals surface area contributed by atoms with Gasteiger partial charge in [0.2, 0.25) is 5.91 Å². The van der Waals surface area contributed by atoms with Gasteiger partial charge in [0.05, 0.1) is 13.2 Å². The summed E-state index contributed by atoms with van der Waals surface area (Å²) in [4.78, 5) is 26.1. The van der Waals surface area contributed by atoms with Crippen LogP contribution in [0.2, 0.25) is 0 Å². The first-order valence-corrected chi connectivity index (χ1v) is 7.39. The van der Waals surface area contributed by atoms with E-state index in [1.807, 2.05) is 12.1 Å². The molecule has 1 N–H and O–H groups in total. The quantitative estimate of drug-likeness (QED) is 0.833. The smallest absolute Gasteiger partial charge is 0.328 e. The third-order valence-electron chi connectivity index (χ3n) is 4.39. The lowest BCUT2D eigenvalue weighted by atomic mass is 9.95. The molecule has 0 aromatic heterocycles. The Morgan fingerprint density at radius 1 is 1.27 bits per heavy atom. The molecule has 120 valence electrons. The normalized spacial score (nSPS) is 23.4. The number of carbonyl (C=O) groups excluding carboxylic acids is 2. The molecule has 2 aliphatic heterocycles. The molecule has 2 aliphatic rings. The van der Waals surface area contributed by atoms with Crippen molar-refractivity contribution in [2.75, 3.05) is 13.7 Å². The van der Waals surface area contributed by atoms with Crippen molar-refractivity contribution >= 4 is 24.3 Å². The number of nitrogens with one attached hydrogen (secondary N) is 1. The van der Waals surface area contributed by atoms with E-state index in [1.54, 1.807) is 4.90 Å². The zero-order valence-corrected chi connectivity index (χ0v) is 13.4. The van der Waals surface area contributed by atoms with Crippen molar-refractivity contribution in [1.82, 2.24) is 10.2 Å². The van der Waals surface area contributed by atoms with Gasteiger partial charge in [-0.25, -0.2) is 4.79 Å². The van der Waals surface area contributed by atoms with Gasteiger partial charge in [-0.15, -0.1) is 12.4 Å². The highest BCUT2D eigenvalue weighted by molar-refractivity contribution is 5.88. The Kier molecular flexibility index (Phi) is 5.42. The number of benzene rings is 1. The van der Waals surface area contributed by atoms with Crippen LogP contribution >= 0.6 is 12.4 Å². The summed E-state index contributed by atoms with van der Waals surface area (Å²) < 4.78 is 4.80. The number of ether oxygens (including phenoxy) is 1. The minimum Gasteiger partial charge on any atom is -0.467 e. The second-order valence-corrected chi connectivity index (χ2v) is 5.62. The standard InChI is InChI=1S/C16H20N2O3.ClH/c1-21-16(20)14-7-4-8-18(14)15(19)13-9-11-5-2-3-6-12(11)10-17-13;/h2-3,5-6,13-14,17H,4,7-10H2,1H3;1H/t13-,14?;/m1./s1. The van der Waals surface area contributed by atoms with E-state index in [-0.39, 0.29) is 30.3 Å². The van der Waals surface area contributed by atoms with Crippen molar-refractivity contribution in [2.24, 2.45) is 0 Å². The summed E-state index contributed by atoms with van der Waals surface area (Å²) in [6.45, 7) is 1.34. The first kappa shape index (κ1) is 16.8. The number of amides is 1. The molecule has 1 saturated heterocycles. The molecular weight excluding hydrogens is 304 g/mol. The van der Waals surface area contributed by atoms with E-state index >= 15 is 0 Å². The number of halogens is 1. The summed E-state index contributed by atoms with van der Waals surface area (Å²) in [5.74, 6) is -0.297. The fourth-order valence-corrected chi connectivity index (χ4v) is 3.24. The van der Waals surface area contributed by atoms with E-state index in [0.29, 0.717) is 25.9 Å². The lowest BCUT2D eigenvalue weighted by molar-refractivity contribution is -0.151. The number of carbonyl (C=O) groups is 2. The molecule has 5 nitrogen and oxygen atoms in total. The van der Waals surface area contributed by atoms with Crippen molar-refractivity contribution in [1.29, 1.82) is 0 Å². The molecule has 0 aliphatic carbocycles. The zero-order chi connectivity index (χ0) is 14.8. The Hall–Kier alpha value is -1.59. The molecule has 1 unspecified atom stereocenters. The molecule has 6 heteroatoms. The first-order chi connectivity index (χ1) is 10.2. The fraction of sp³-hybridized carbons (Fsp3) is 0.500. The average molecular weight is 325 g/mol. The Balaban J connectivity index is 0.00000176. The predicted molar refractivity (Wildman–Crippen MR) is 84.8 cm³/mol. The van der Waals surface area contributed by atoms with E-state index in [2.05, 4.69) is 17.4 Å². The van der Waals surface area contributed by atoms with Gasteiger partial charge in [0.15, 0.2) is 0 Å². The number of rotatable bonds is 2. The maximum absolute atomic E-state index is 12.7. The number of methoxy groups -OCH3 is 1. The van der Waals surface area contributed by atoms with E-state index in [9.17, 15) is 9.59 Å². The number of nitrogens with zero attached hydrogens (tertiary/aromatic N) is 1. The number of esters is 1. The van der Waals surface area contributed by atoms with Crippen LogP contribution in [0.1, 0.15) is 24.0 Å². The predicted octanol–water partition coefficient (Wildman–Crippen LogP) is 1.29. The Morgan fingerprint density at radius 3 is 2.73 bits per heavy atom. The van der Waals surface area contributed by atoms with E-state index in [1.165, 1.54) is 18.2 Å². The van der Waals surface area contributed by atoms with Crippen LogP contribution in [0.5, 0.6) is 0 Å². The highest BCUT2D eigenvalue weighted by Crippen LogP contribution is 2.23. The molecule has 1 amide bonds. The highest BCUT2D eigenvalue weighted by Gasteiger charge is 2.38. The van der Waals surface area contributed by atoms with Crippen molar-refractivity contribution in [2.45, 2.75) is 37.9 Å². The van der Waals surface area contributed by atoms with Crippen LogP contribution in [-0.2, 0) is 27.3 Å². The van der Waals surface area contributed by atoms with Crippen LogP contribution < -0.4 is 5.32 Å². The molecule has 0 bridgehead atoms. The van der Waals surface area contributed by atoms with Crippen LogP contribution in [0.4, 0.5) is 0 Å². The molecule has 1 aromatic rings. The largest absolute Gasteiger partial charge is 0.467 e. The second kappa shape index (κ2) is 7.11. The van der Waals surface area contributed by atoms with Crippen LogP contribution in [0.3, 0.4) is 0 Å². The highest BCUT2D eigenvalue weighted by atomic mass is 35.5. The number of hydrogen-bond donors (Lipinski definition) is 1. The Morgan fingerprint density at radius 2 is 2.00 bits per heavy atom. The topological polar surface area (TPSA) is 58.6 Å². The molecule has 2 atom stereocenters. The van der Waals surface area contributed by atoms with Gasteiger partial charge in [0.25, 0.3) is 0 Å². The van der Waals surface area contributed by atoms with Gasteiger partial charge in [0.1, 0.15) is 6.04 Å². The summed E-state index contributed by atoms with van der Waals surface area (Å²) in [5.41, 5.74) is 2.45. The minimum absolute atomic E-state index is 0. The molecule has 0 spiro atoms. The van der Waals surface area contributed by atoms with Gasteiger partial charge in [0, 0.05) is 13.1 Å². The average Bonchev–Trinajstić information content (AvgIpc) is 3.02. The van der Waals surface area contributed by atoms with E-state index in [4.69, 9.17) is 4.74 Å². The molecule has 22 heavy (non-hydrogen) atoms. The Bertz CT molecular complexity index is 564. The van der Waals surface area contributed by atoms with Gasteiger partial charge in [-0.05, 0) is 30.4 Å². The van der Waals surface area contributed by atoms with Gasteiger partial charge >= 0.3 is 5.97 Å². The van der Waals surface area contributed by atoms with Gasteiger partial charge in [-0.1, -0.05) is 24.3 Å². The van der Waals surface area contributed by atoms with Gasteiger partial charge < -0.3 is 15.0 Å². The Labute approximate surface area is 136 Å². The number of fused-ring (bicyclic) bond motifs is 1. The summed E-state index contributed by atoms with van der Waals surface area (Å²) in [5, 5.41) is 3.29. The van der Waals surface area contributed by atoms with Crippen molar-refractivity contribution in [3.63, 3.8) is 0 Å². The molecule has 1 fully saturated rings. The second-order valence-electron chi connectivity index (χ2n) is 5.62. The van der Waals surface area contributed by atoms with Crippen LogP contribution in [0.15, 0.2) is 24.3 Å². The van der Waals surface area contributed by atoms with Gasteiger partial charge in [-0.3, -0.25) is 4.79 Å². The number of likely N-dealkylation sites (tertiary alicyclic amines) is 1. The van der Waals surface area contributed by atoms with Crippen LogP contribution in [0.25, 0.3) is 0 Å². The molecule has 3 rings (SSSR count). The molecule has 0 radical (unpaired) electrons. The van der Waals surface area contributed by atoms with Crippen molar-refractivity contribution in [3.8, 4) is 0 Å². The fourth-order valence-electron chi connectivity index (χ4n) is 3.24. The third-order valence-corrected chi connectivity index (χ3v) is 4.39. The summed E-state index contributed by atoms with van der Waals surface area (Å²) in [6, 6.07) is 7.50. The SMILES string of the molecule is COC(=O)C1CCCN1C(=O)[C@H]1Cc2ccccc2CN1.Cl. The summed E-state index contributed by atoms with van der Waals surface area (Å²) in [7, 11) is 1.37. The van der Waals surface area contributed by atoms with Crippen molar-refractivity contribution < 1.29 is 14.3 Å². The third kappa shape index (κ3) is 3.10. The molecule has 2 heterocycles. The molecule has 1 aromatic carbocycles. The lowest BCUT2D eigenvalue weighted by Gasteiger charge is -2.31. The maximum Gasteiger partial charge on any atom is 0.328 e. The van der Waals surface area contributed by atoms with E-state index < -0.39 is 6.04 Å². The van der Waals surface area contributed by atoms with E-state index in [0.717, 1.165) is 6.42 Å². The summed E-state index contributed by atoms with van der Waals surface area (Å²) in [6.07, 6.45) is 2.23. The maximum atomic E-state index is 12.7. The van der Waals surface area contributed by atoms with Crippen LogP contribution in [-0.4, -0.2) is 42.5 Å². The minimum atomic E-state index is -0.415. The van der Waals surface area contributed by atoms with Crippen LogP contribution in [0, 0.1) is 0 Å². The summed E-state index contributed by atoms with van der Waals surface area (Å²) >= 11 is 0. The van der Waals surface area contributed by atoms with Crippen molar-refractivity contribution in [3.05, 3.63) is 35.4 Å². The number of hydrogen-bond acceptors (Lipinski definition) is 4. The molecule has 0 saturated carbocycles.